The molecule has 3 atom stereocenters. The van der Waals surface area contributed by atoms with E-state index in [0.717, 1.165) is 77.0 Å². The maximum atomic E-state index is 12.6. The lowest BCUT2D eigenvalue weighted by atomic mass is 10.1. The van der Waals surface area contributed by atoms with Gasteiger partial charge in [0, 0.05) is 6.42 Å². The number of allylic oxidation sites excluding steroid dienone is 15. The topological polar surface area (TPSA) is 132 Å². The predicted octanol–water partition coefficient (Wildman–Crippen LogP) is 10.9. The van der Waals surface area contributed by atoms with E-state index in [9.17, 15) is 19.4 Å². The minimum atomic E-state index is -4.54. The standard InChI is InChI=1S/C44H73O9P/c1-3-5-7-9-11-13-15-17-19-21-22-24-26-28-30-32-34-36-44(47)53-43(41-52-54(48,49)51-39-42(46)38-45)40-50-37-35-33-31-29-27-25-23-20-18-16-14-12-10-8-6-4-2/h5-8,11-14,17-20,25,27,31,33,42-43,45-46H,3-4,9-10,15-16,21-24,26,28-30,32,34-41H2,1-2H3,(H,48,49)/b7-5-,8-6-,13-11-,14-12-,19-17-,20-18-,27-25-,33-31-. The van der Waals surface area contributed by atoms with Crippen molar-refractivity contribution in [3.63, 3.8) is 0 Å². The first-order valence-electron chi connectivity index (χ1n) is 20.2. The van der Waals surface area contributed by atoms with Crippen LogP contribution in [0.15, 0.2) is 97.2 Å². The summed E-state index contributed by atoms with van der Waals surface area (Å²) in [5, 5.41) is 18.3. The third-order valence-electron chi connectivity index (χ3n) is 7.78. The maximum Gasteiger partial charge on any atom is 0.472 e. The van der Waals surface area contributed by atoms with Gasteiger partial charge in [-0.3, -0.25) is 13.8 Å². The van der Waals surface area contributed by atoms with Gasteiger partial charge in [0.25, 0.3) is 0 Å². The molecule has 10 heteroatoms. The Morgan fingerprint density at radius 1 is 0.574 bits per heavy atom. The van der Waals surface area contributed by atoms with Crippen molar-refractivity contribution in [2.24, 2.45) is 0 Å². The van der Waals surface area contributed by atoms with Gasteiger partial charge in [-0.15, -0.1) is 0 Å². The van der Waals surface area contributed by atoms with Gasteiger partial charge in [0.1, 0.15) is 12.2 Å². The minimum Gasteiger partial charge on any atom is -0.457 e. The molecule has 0 radical (unpaired) electrons. The Labute approximate surface area is 327 Å². The number of unbranched alkanes of at least 4 members (excludes halogenated alkanes) is 7. The van der Waals surface area contributed by atoms with Gasteiger partial charge in [-0.1, -0.05) is 143 Å². The predicted molar refractivity (Wildman–Crippen MR) is 223 cm³/mol. The lowest BCUT2D eigenvalue weighted by molar-refractivity contribution is -0.154. The van der Waals surface area contributed by atoms with Crippen LogP contribution in [0.1, 0.15) is 129 Å². The number of carbonyl (C=O) groups excluding carboxylic acids is 1. The summed E-state index contributed by atoms with van der Waals surface area (Å²) < 4.78 is 33.2. The van der Waals surface area contributed by atoms with Crippen LogP contribution < -0.4 is 0 Å². The number of phosphoric acid groups is 1. The minimum absolute atomic E-state index is 0.0156. The van der Waals surface area contributed by atoms with Crippen LogP contribution in [0.3, 0.4) is 0 Å². The quantitative estimate of drug-likeness (QED) is 0.0244. The van der Waals surface area contributed by atoms with E-state index in [0.29, 0.717) is 19.4 Å². The average molecular weight is 777 g/mol. The first kappa shape index (κ1) is 51.4. The van der Waals surface area contributed by atoms with Gasteiger partial charge in [-0.05, 0) is 77.0 Å². The monoisotopic (exact) mass is 776 g/mol. The van der Waals surface area contributed by atoms with Gasteiger partial charge in [-0.2, -0.15) is 0 Å². The summed E-state index contributed by atoms with van der Waals surface area (Å²) in [4.78, 5) is 22.5. The second-order valence-corrected chi connectivity index (χ2v) is 14.3. The highest BCUT2D eigenvalue weighted by molar-refractivity contribution is 7.47. The Kier molecular flexibility index (Phi) is 38.1. The summed E-state index contributed by atoms with van der Waals surface area (Å²) in [6.45, 7) is 3.01. The molecule has 0 rings (SSSR count). The van der Waals surface area contributed by atoms with Crippen molar-refractivity contribution in [1.82, 2.24) is 0 Å². The van der Waals surface area contributed by atoms with Crippen LogP contribution in [-0.2, 0) is 27.9 Å². The van der Waals surface area contributed by atoms with Crippen molar-refractivity contribution in [1.29, 1.82) is 0 Å². The highest BCUT2D eigenvalue weighted by Crippen LogP contribution is 2.43. The van der Waals surface area contributed by atoms with Gasteiger partial charge in [0.15, 0.2) is 0 Å². The van der Waals surface area contributed by atoms with Crippen LogP contribution in [0.4, 0.5) is 0 Å². The highest BCUT2D eigenvalue weighted by Gasteiger charge is 2.26. The van der Waals surface area contributed by atoms with Crippen LogP contribution in [-0.4, -0.2) is 66.3 Å². The second kappa shape index (κ2) is 40.1. The number of esters is 1. The molecular formula is C44H73O9P. The number of ether oxygens (including phenoxy) is 2. The molecule has 0 aliphatic carbocycles. The zero-order valence-electron chi connectivity index (χ0n) is 33.4. The fraction of sp³-hybridized carbons (Fsp3) is 0.614. The van der Waals surface area contributed by atoms with Crippen LogP contribution >= 0.6 is 7.82 Å². The zero-order valence-corrected chi connectivity index (χ0v) is 34.3. The fourth-order valence-electron chi connectivity index (χ4n) is 4.79. The van der Waals surface area contributed by atoms with Gasteiger partial charge in [0.05, 0.1) is 33.0 Å². The van der Waals surface area contributed by atoms with E-state index >= 15 is 0 Å². The molecule has 0 aromatic carbocycles. The SMILES string of the molecule is CC/C=C\C/C=C\C/C=C\C/C=C\C/C=C\CCOCC(COP(=O)(O)OCC(O)CO)OC(=O)CCCCCCCCC/C=C\C/C=C\C/C=C\CC. The third kappa shape index (κ3) is 39.1. The summed E-state index contributed by atoms with van der Waals surface area (Å²) in [5.41, 5.74) is 0. The van der Waals surface area contributed by atoms with Gasteiger partial charge in [0.2, 0.25) is 0 Å². The first-order valence-corrected chi connectivity index (χ1v) is 21.7. The number of phosphoric ester groups is 1. The Balaban J connectivity index is 4.36. The van der Waals surface area contributed by atoms with E-state index in [1.807, 2.05) is 6.08 Å². The van der Waals surface area contributed by atoms with Crippen LogP contribution in [0.2, 0.25) is 0 Å². The van der Waals surface area contributed by atoms with Crippen molar-refractivity contribution in [2.75, 3.05) is 33.0 Å². The molecule has 0 aromatic rings. The summed E-state index contributed by atoms with van der Waals surface area (Å²) in [6, 6.07) is 0. The lowest BCUT2D eigenvalue weighted by Crippen LogP contribution is -2.29. The molecule has 0 aliphatic rings. The van der Waals surface area contributed by atoms with E-state index in [1.165, 1.54) is 19.3 Å². The lowest BCUT2D eigenvalue weighted by Gasteiger charge is -2.20. The molecule has 0 saturated carbocycles. The number of hydrogen-bond donors (Lipinski definition) is 3. The summed E-state index contributed by atoms with van der Waals surface area (Å²) in [6.07, 6.45) is 49.6. The van der Waals surface area contributed by atoms with Crippen molar-refractivity contribution < 1.29 is 43.0 Å². The number of aliphatic hydroxyl groups excluding tert-OH is 2. The molecule has 3 unspecified atom stereocenters. The molecule has 308 valence electrons. The third-order valence-corrected chi connectivity index (χ3v) is 8.74. The molecule has 0 heterocycles. The van der Waals surface area contributed by atoms with E-state index in [1.54, 1.807) is 0 Å². The maximum absolute atomic E-state index is 12.6. The van der Waals surface area contributed by atoms with Gasteiger partial charge in [-0.25, -0.2) is 4.57 Å². The zero-order chi connectivity index (χ0) is 39.6. The molecule has 0 saturated heterocycles. The van der Waals surface area contributed by atoms with Crippen LogP contribution in [0.5, 0.6) is 0 Å². The van der Waals surface area contributed by atoms with E-state index in [4.69, 9.17) is 23.6 Å². The van der Waals surface area contributed by atoms with Crippen molar-refractivity contribution >= 4 is 13.8 Å². The Bertz CT molecular complexity index is 1150. The summed E-state index contributed by atoms with van der Waals surface area (Å²) in [5.74, 6) is -0.423. The smallest absolute Gasteiger partial charge is 0.457 e. The Hall–Kier alpha value is -2.62. The highest BCUT2D eigenvalue weighted by atomic mass is 31.2. The summed E-state index contributed by atoms with van der Waals surface area (Å²) in [7, 11) is -4.54. The van der Waals surface area contributed by atoms with Crippen LogP contribution in [0.25, 0.3) is 0 Å². The van der Waals surface area contributed by atoms with Gasteiger partial charge < -0.3 is 24.6 Å². The molecule has 0 bridgehead atoms. The van der Waals surface area contributed by atoms with Crippen molar-refractivity contribution in [3.8, 4) is 0 Å². The Morgan fingerprint density at radius 3 is 1.50 bits per heavy atom. The number of rotatable bonds is 37. The van der Waals surface area contributed by atoms with E-state index in [2.05, 4.69) is 105 Å². The number of hydrogen-bond acceptors (Lipinski definition) is 8. The summed E-state index contributed by atoms with van der Waals surface area (Å²) >= 11 is 0. The number of carbonyl (C=O) groups is 1. The molecular weight excluding hydrogens is 703 g/mol. The van der Waals surface area contributed by atoms with Crippen molar-refractivity contribution in [2.45, 2.75) is 142 Å². The van der Waals surface area contributed by atoms with Crippen LogP contribution in [0, 0.1) is 0 Å². The molecule has 54 heavy (non-hydrogen) atoms. The molecule has 0 amide bonds. The second-order valence-electron chi connectivity index (χ2n) is 12.9. The van der Waals surface area contributed by atoms with Gasteiger partial charge >= 0.3 is 13.8 Å². The molecule has 3 N–H and O–H groups in total. The largest absolute Gasteiger partial charge is 0.472 e. The average Bonchev–Trinajstić information content (AvgIpc) is 3.16. The van der Waals surface area contributed by atoms with Crippen molar-refractivity contribution in [3.05, 3.63) is 97.2 Å². The van der Waals surface area contributed by atoms with E-state index < -0.39 is 45.8 Å². The molecule has 0 aromatic heterocycles. The molecule has 9 nitrogen and oxygen atoms in total. The normalized spacial score (nSPS) is 15.1. The molecule has 0 aliphatic heterocycles. The van der Waals surface area contributed by atoms with E-state index in [-0.39, 0.29) is 13.0 Å². The molecule has 0 spiro atoms. The Morgan fingerprint density at radius 2 is 1.00 bits per heavy atom. The number of aliphatic hydroxyl groups is 2. The fourth-order valence-corrected chi connectivity index (χ4v) is 5.57. The first-order chi connectivity index (χ1) is 26.3. The molecule has 0 fully saturated rings.